The summed E-state index contributed by atoms with van der Waals surface area (Å²) in [6, 6.07) is 0. The molecule has 0 aliphatic rings. The van der Waals surface area contributed by atoms with Gasteiger partial charge in [-0.2, -0.15) is 0 Å². The molecule has 4 heteroatoms. The molecule has 0 saturated heterocycles. The first-order valence-corrected chi connectivity index (χ1v) is 9.03. The zero-order valence-corrected chi connectivity index (χ0v) is 15.5. The molecule has 0 aliphatic heterocycles. The lowest BCUT2D eigenvalue weighted by Gasteiger charge is -1.98. The molecule has 0 rings (SSSR count). The summed E-state index contributed by atoms with van der Waals surface area (Å²) < 4.78 is 0. The minimum atomic E-state index is -1.02. The van der Waals surface area contributed by atoms with E-state index in [1.54, 1.807) is 19.1 Å². The van der Waals surface area contributed by atoms with Gasteiger partial charge in [0.2, 0.25) is 0 Å². The fourth-order valence-electron chi connectivity index (χ4n) is 1.88. The quantitative estimate of drug-likeness (QED) is 0.369. The molecule has 0 heterocycles. The Hall–Kier alpha value is -2.17. The van der Waals surface area contributed by atoms with Crippen LogP contribution in [0, 0.1) is 0 Å². The second-order valence-corrected chi connectivity index (χ2v) is 5.82. The van der Waals surface area contributed by atoms with E-state index in [1.165, 1.54) is 0 Å². The van der Waals surface area contributed by atoms with E-state index in [9.17, 15) is 15.0 Å². The third-order valence-corrected chi connectivity index (χ3v) is 3.20. The van der Waals surface area contributed by atoms with Crippen molar-refractivity contribution >= 4 is 5.97 Å². The predicted molar refractivity (Wildman–Crippen MR) is 105 cm³/mol. The maximum absolute atomic E-state index is 10.2. The van der Waals surface area contributed by atoms with Crippen molar-refractivity contribution in [3.8, 4) is 0 Å². The van der Waals surface area contributed by atoms with Gasteiger partial charge in [-0.05, 0) is 45.4 Å². The van der Waals surface area contributed by atoms with Crippen LogP contribution in [0.2, 0.25) is 0 Å². The Kier molecular flexibility index (Phi) is 16.2. The van der Waals surface area contributed by atoms with Gasteiger partial charge in [0.1, 0.15) is 0 Å². The Balaban J connectivity index is 3.74. The predicted octanol–water partition coefficient (Wildman–Crippen LogP) is 3.16. The highest BCUT2D eigenvalue weighted by molar-refractivity contribution is 5.64. The Morgan fingerprint density at radius 3 is 2.15 bits per heavy atom. The minimum absolute atomic E-state index is 0.0664. The van der Waals surface area contributed by atoms with Crippen molar-refractivity contribution < 1.29 is 20.1 Å². The Labute approximate surface area is 157 Å². The smallest absolute Gasteiger partial charge is 0.0758 e. The Bertz CT molecular complexity index is 522. The molecule has 0 aromatic carbocycles. The molecule has 0 unspecified atom stereocenters. The van der Waals surface area contributed by atoms with E-state index >= 15 is 0 Å². The zero-order valence-electron chi connectivity index (χ0n) is 15.5. The number of carboxylic acids is 1. The van der Waals surface area contributed by atoms with Crippen LogP contribution in [0.25, 0.3) is 0 Å². The van der Waals surface area contributed by atoms with E-state index in [0.717, 1.165) is 19.3 Å². The van der Waals surface area contributed by atoms with Crippen molar-refractivity contribution in [1.82, 2.24) is 0 Å². The number of hydrogen-bond acceptors (Lipinski definition) is 4. The van der Waals surface area contributed by atoms with E-state index in [1.807, 2.05) is 60.8 Å². The standard InChI is InChI=1S/C22H32O4/c1-20(23)16-12-10-11-14-18-21(24)17-13-8-6-4-2-3-5-7-9-15-19-22(25)26/h2-3,6-9,11-14,16-17,20-21,23-24H,4-5,10,15,18-19H2,1H3,(H,25,26)/p-1/b3-2-,8-6-,9-7-,14-11-,16-12-,17-13+/t20-,21+/m1/s1. The Morgan fingerprint density at radius 1 is 0.846 bits per heavy atom. The zero-order chi connectivity index (χ0) is 19.5. The van der Waals surface area contributed by atoms with Crippen LogP contribution in [-0.2, 0) is 4.79 Å². The first-order valence-electron chi connectivity index (χ1n) is 9.03. The average molecular weight is 359 g/mol. The van der Waals surface area contributed by atoms with Gasteiger partial charge in [-0.1, -0.05) is 72.9 Å². The lowest BCUT2D eigenvalue weighted by atomic mass is 10.2. The van der Waals surface area contributed by atoms with E-state index in [0.29, 0.717) is 12.8 Å². The fraction of sp³-hybridized carbons (Fsp3) is 0.409. The third kappa shape index (κ3) is 19.9. The first kappa shape index (κ1) is 23.8. The molecular weight excluding hydrogens is 328 g/mol. The van der Waals surface area contributed by atoms with Crippen molar-refractivity contribution in [3.63, 3.8) is 0 Å². The molecule has 2 atom stereocenters. The highest BCUT2D eigenvalue weighted by Crippen LogP contribution is 1.99. The maximum Gasteiger partial charge on any atom is 0.0758 e. The number of allylic oxidation sites excluding steroid dienone is 9. The summed E-state index contributed by atoms with van der Waals surface area (Å²) in [5.74, 6) is -1.02. The highest BCUT2D eigenvalue weighted by atomic mass is 16.4. The summed E-state index contributed by atoms with van der Waals surface area (Å²) in [5, 5.41) is 29.0. The topological polar surface area (TPSA) is 80.6 Å². The first-order chi connectivity index (χ1) is 12.5. The molecule has 4 nitrogen and oxygen atoms in total. The van der Waals surface area contributed by atoms with E-state index in [2.05, 4.69) is 0 Å². The molecule has 0 aliphatic carbocycles. The van der Waals surface area contributed by atoms with Crippen LogP contribution in [0.15, 0.2) is 72.9 Å². The summed E-state index contributed by atoms with van der Waals surface area (Å²) in [7, 11) is 0. The molecule has 0 radical (unpaired) electrons. The number of aliphatic hydroxyl groups is 2. The van der Waals surface area contributed by atoms with E-state index in [-0.39, 0.29) is 6.42 Å². The molecule has 26 heavy (non-hydrogen) atoms. The molecule has 0 amide bonds. The van der Waals surface area contributed by atoms with Gasteiger partial charge in [-0.3, -0.25) is 0 Å². The summed E-state index contributed by atoms with van der Waals surface area (Å²) >= 11 is 0. The van der Waals surface area contributed by atoms with Gasteiger partial charge in [-0.15, -0.1) is 0 Å². The molecule has 0 bridgehead atoms. The number of carbonyl (C=O) groups excluding carboxylic acids is 1. The van der Waals surface area contributed by atoms with Gasteiger partial charge >= 0.3 is 0 Å². The van der Waals surface area contributed by atoms with Crippen molar-refractivity contribution in [3.05, 3.63) is 72.9 Å². The highest BCUT2D eigenvalue weighted by Gasteiger charge is 1.92. The molecule has 0 aromatic heterocycles. The van der Waals surface area contributed by atoms with Crippen LogP contribution in [-0.4, -0.2) is 28.4 Å². The monoisotopic (exact) mass is 359 g/mol. The van der Waals surface area contributed by atoms with Crippen LogP contribution in [0.3, 0.4) is 0 Å². The van der Waals surface area contributed by atoms with E-state index < -0.39 is 18.2 Å². The number of aliphatic carboxylic acids is 1. The van der Waals surface area contributed by atoms with Crippen LogP contribution in [0.4, 0.5) is 0 Å². The molecule has 2 N–H and O–H groups in total. The average Bonchev–Trinajstić information content (AvgIpc) is 2.58. The molecule has 144 valence electrons. The lowest BCUT2D eigenvalue weighted by molar-refractivity contribution is -0.305. The minimum Gasteiger partial charge on any atom is -0.550 e. The SMILES string of the molecule is C[C@@H](O)/C=C\C/C=C\C[C@@H](O)/C=C/C=C\C/C=C\C/C=C\CCC(=O)[O-]. The summed E-state index contributed by atoms with van der Waals surface area (Å²) in [4.78, 5) is 10.2. The third-order valence-electron chi connectivity index (χ3n) is 3.20. The van der Waals surface area contributed by atoms with Crippen molar-refractivity contribution in [2.75, 3.05) is 0 Å². The second kappa shape index (κ2) is 17.6. The molecule has 0 saturated carbocycles. The number of carbonyl (C=O) groups is 1. The number of hydrogen-bond donors (Lipinski definition) is 2. The van der Waals surface area contributed by atoms with Crippen LogP contribution in [0.1, 0.15) is 45.4 Å². The van der Waals surface area contributed by atoms with E-state index in [4.69, 9.17) is 5.11 Å². The Morgan fingerprint density at radius 2 is 1.46 bits per heavy atom. The van der Waals surface area contributed by atoms with Gasteiger partial charge in [-0.25, -0.2) is 0 Å². The molecule has 0 spiro atoms. The molecular formula is C22H31O4-. The largest absolute Gasteiger partial charge is 0.550 e. The van der Waals surface area contributed by atoms with Crippen LogP contribution < -0.4 is 5.11 Å². The van der Waals surface area contributed by atoms with Crippen molar-refractivity contribution in [2.24, 2.45) is 0 Å². The van der Waals surface area contributed by atoms with Gasteiger partial charge < -0.3 is 20.1 Å². The molecule has 0 fully saturated rings. The normalized spacial score (nSPS) is 15.5. The van der Waals surface area contributed by atoms with Crippen molar-refractivity contribution in [2.45, 2.75) is 57.7 Å². The van der Waals surface area contributed by atoms with Crippen molar-refractivity contribution in [1.29, 1.82) is 0 Å². The van der Waals surface area contributed by atoms with Gasteiger partial charge in [0.25, 0.3) is 0 Å². The van der Waals surface area contributed by atoms with Crippen LogP contribution in [0.5, 0.6) is 0 Å². The van der Waals surface area contributed by atoms with Gasteiger partial charge in [0.15, 0.2) is 0 Å². The summed E-state index contributed by atoms with van der Waals surface area (Å²) in [6.07, 6.45) is 25.4. The maximum atomic E-state index is 10.2. The molecule has 0 aromatic rings. The van der Waals surface area contributed by atoms with Gasteiger partial charge in [0.05, 0.1) is 12.2 Å². The number of rotatable bonds is 14. The fourth-order valence-corrected chi connectivity index (χ4v) is 1.88. The summed E-state index contributed by atoms with van der Waals surface area (Å²) in [5.41, 5.74) is 0. The number of aliphatic hydroxyl groups excluding tert-OH is 2. The second-order valence-electron chi connectivity index (χ2n) is 5.82. The summed E-state index contributed by atoms with van der Waals surface area (Å²) in [6.45, 7) is 1.71. The van der Waals surface area contributed by atoms with Gasteiger partial charge in [0, 0.05) is 5.97 Å². The van der Waals surface area contributed by atoms with Crippen LogP contribution >= 0.6 is 0 Å². The number of carboxylic acid groups (broad SMARTS) is 1. The lowest BCUT2D eigenvalue weighted by Crippen LogP contribution is -2.21.